The standard InChI is InChI=1S/C22H22F3NO5/c1-14(15-2-8-18(9-3-15)30-20(24)25)26-13-12-22(31-21(26)29,11-10-19(27)28)16-4-6-17(23)7-5-16/h2-9,14,20H,10-13H2,1H3,(H,27,28)/t14-,22+/m0/s1. The predicted molar refractivity (Wildman–Crippen MR) is 104 cm³/mol. The van der Waals surface area contributed by atoms with Crippen molar-refractivity contribution in [3.05, 3.63) is 65.5 Å². The number of halogens is 3. The molecule has 1 heterocycles. The van der Waals surface area contributed by atoms with Gasteiger partial charge in [-0.15, -0.1) is 0 Å². The van der Waals surface area contributed by atoms with Gasteiger partial charge in [0.15, 0.2) is 0 Å². The highest BCUT2D eigenvalue weighted by Crippen LogP contribution is 2.40. The van der Waals surface area contributed by atoms with Gasteiger partial charge in [0.05, 0.1) is 6.04 Å². The number of carbonyl (C=O) groups excluding carboxylic acids is 1. The number of carbonyl (C=O) groups is 2. The van der Waals surface area contributed by atoms with E-state index < -0.39 is 36.1 Å². The van der Waals surface area contributed by atoms with Gasteiger partial charge in [0.1, 0.15) is 17.2 Å². The van der Waals surface area contributed by atoms with Crippen molar-refractivity contribution < 1.29 is 37.3 Å². The maximum absolute atomic E-state index is 13.4. The molecule has 1 aliphatic rings. The molecule has 166 valence electrons. The number of aliphatic carboxylic acids is 1. The van der Waals surface area contributed by atoms with Crippen LogP contribution >= 0.6 is 0 Å². The number of amides is 1. The van der Waals surface area contributed by atoms with Crippen LogP contribution in [0.3, 0.4) is 0 Å². The molecule has 0 aromatic heterocycles. The average molecular weight is 437 g/mol. The van der Waals surface area contributed by atoms with Crippen molar-refractivity contribution in [1.29, 1.82) is 0 Å². The lowest BCUT2D eigenvalue weighted by Gasteiger charge is -2.43. The van der Waals surface area contributed by atoms with Gasteiger partial charge < -0.3 is 19.5 Å². The molecule has 9 heteroatoms. The van der Waals surface area contributed by atoms with E-state index >= 15 is 0 Å². The molecule has 0 aliphatic carbocycles. The lowest BCUT2D eigenvalue weighted by atomic mass is 9.84. The van der Waals surface area contributed by atoms with Crippen molar-refractivity contribution in [2.24, 2.45) is 0 Å². The Labute approximate surface area is 177 Å². The fraction of sp³-hybridized carbons (Fsp3) is 0.364. The third-order valence-electron chi connectivity index (χ3n) is 5.44. The Kier molecular flexibility index (Phi) is 6.72. The summed E-state index contributed by atoms with van der Waals surface area (Å²) >= 11 is 0. The molecule has 1 fully saturated rings. The van der Waals surface area contributed by atoms with Crippen LogP contribution in [0.4, 0.5) is 18.0 Å². The Morgan fingerprint density at radius 3 is 2.39 bits per heavy atom. The van der Waals surface area contributed by atoms with Crippen molar-refractivity contribution in [2.45, 2.75) is 44.4 Å². The molecular weight excluding hydrogens is 415 g/mol. The summed E-state index contributed by atoms with van der Waals surface area (Å²) in [6, 6.07) is 11.0. The second-order valence-corrected chi connectivity index (χ2v) is 7.33. The molecule has 2 aromatic rings. The molecule has 0 radical (unpaired) electrons. The Morgan fingerprint density at radius 1 is 1.19 bits per heavy atom. The zero-order chi connectivity index (χ0) is 22.6. The monoisotopic (exact) mass is 437 g/mol. The molecule has 1 amide bonds. The first-order chi connectivity index (χ1) is 14.7. The smallest absolute Gasteiger partial charge is 0.411 e. The van der Waals surface area contributed by atoms with Crippen LogP contribution in [0, 0.1) is 5.82 Å². The Bertz CT molecular complexity index is 920. The third kappa shape index (κ3) is 5.28. The van der Waals surface area contributed by atoms with Gasteiger partial charge in [-0.25, -0.2) is 9.18 Å². The number of carboxylic acids is 1. The first-order valence-corrected chi connectivity index (χ1v) is 9.72. The summed E-state index contributed by atoms with van der Waals surface area (Å²) in [5.74, 6) is -1.47. The summed E-state index contributed by atoms with van der Waals surface area (Å²) < 4.78 is 48.1. The summed E-state index contributed by atoms with van der Waals surface area (Å²) in [5, 5.41) is 9.11. The molecular formula is C22H22F3NO5. The number of cyclic esters (lactones) is 1. The van der Waals surface area contributed by atoms with E-state index in [2.05, 4.69) is 4.74 Å². The van der Waals surface area contributed by atoms with Crippen LogP contribution < -0.4 is 4.74 Å². The summed E-state index contributed by atoms with van der Waals surface area (Å²) in [4.78, 5) is 25.5. The molecule has 31 heavy (non-hydrogen) atoms. The maximum atomic E-state index is 13.4. The van der Waals surface area contributed by atoms with Crippen LogP contribution in [0.2, 0.25) is 0 Å². The van der Waals surface area contributed by atoms with Crippen LogP contribution in [-0.2, 0) is 15.1 Å². The molecule has 0 bridgehead atoms. The number of hydrogen-bond donors (Lipinski definition) is 1. The van der Waals surface area contributed by atoms with Gasteiger partial charge in [-0.1, -0.05) is 24.3 Å². The zero-order valence-electron chi connectivity index (χ0n) is 16.8. The van der Waals surface area contributed by atoms with Gasteiger partial charge in [-0.05, 0) is 42.3 Å². The number of ether oxygens (including phenoxy) is 2. The van der Waals surface area contributed by atoms with E-state index in [4.69, 9.17) is 9.84 Å². The Morgan fingerprint density at radius 2 is 1.84 bits per heavy atom. The minimum Gasteiger partial charge on any atom is -0.481 e. The third-order valence-corrected chi connectivity index (χ3v) is 5.44. The van der Waals surface area contributed by atoms with Crippen LogP contribution in [-0.4, -0.2) is 35.2 Å². The van der Waals surface area contributed by atoms with Crippen molar-refractivity contribution in [3.63, 3.8) is 0 Å². The average Bonchev–Trinajstić information content (AvgIpc) is 2.72. The van der Waals surface area contributed by atoms with Crippen molar-refractivity contribution >= 4 is 12.1 Å². The molecule has 3 rings (SSSR count). The summed E-state index contributed by atoms with van der Waals surface area (Å²) in [6.07, 6.45) is -0.483. The molecule has 0 unspecified atom stereocenters. The molecule has 0 saturated carbocycles. The predicted octanol–water partition coefficient (Wildman–Crippen LogP) is 5.09. The number of nitrogens with zero attached hydrogens (tertiary/aromatic N) is 1. The normalized spacial score (nSPS) is 19.8. The zero-order valence-corrected chi connectivity index (χ0v) is 16.8. The Balaban J connectivity index is 1.78. The molecule has 1 N–H and O–H groups in total. The number of carboxylic acid groups (broad SMARTS) is 1. The van der Waals surface area contributed by atoms with Gasteiger partial charge in [0, 0.05) is 25.8 Å². The second kappa shape index (κ2) is 9.28. The van der Waals surface area contributed by atoms with Gasteiger partial charge in [0.2, 0.25) is 0 Å². The van der Waals surface area contributed by atoms with Crippen molar-refractivity contribution in [1.82, 2.24) is 4.90 Å². The lowest BCUT2D eigenvalue weighted by Crippen LogP contribution is -2.49. The van der Waals surface area contributed by atoms with Crippen molar-refractivity contribution in [3.8, 4) is 5.75 Å². The fourth-order valence-corrected chi connectivity index (χ4v) is 3.71. The van der Waals surface area contributed by atoms with E-state index in [0.717, 1.165) is 0 Å². The van der Waals surface area contributed by atoms with E-state index in [1.807, 2.05) is 0 Å². The number of benzene rings is 2. The second-order valence-electron chi connectivity index (χ2n) is 7.33. The van der Waals surface area contributed by atoms with Crippen LogP contribution in [0.15, 0.2) is 48.5 Å². The van der Waals surface area contributed by atoms with E-state index in [-0.39, 0.29) is 25.1 Å². The topological polar surface area (TPSA) is 76.1 Å². The largest absolute Gasteiger partial charge is 0.481 e. The first-order valence-electron chi connectivity index (χ1n) is 9.72. The number of rotatable bonds is 8. The van der Waals surface area contributed by atoms with Crippen molar-refractivity contribution in [2.75, 3.05) is 6.54 Å². The van der Waals surface area contributed by atoms with Gasteiger partial charge >= 0.3 is 18.7 Å². The van der Waals surface area contributed by atoms with E-state index in [1.54, 1.807) is 19.1 Å². The van der Waals surface area contributed by atoms with E-state index in [1.165, 1.54) is 41.3 Å². The minimum atomic E-state index is -2.93. The van der Waals surface area contributed by atoms with Gasteiger partial charge in [-0.3, -0.25) is 4.79 Å². The molecule has 6 nitrogen and oxygen atoms in total. The maximum Gasteiger partial charge on any atom is 0.411 e. The van der Waals surface area contributed by atoms with Crippen LogP contribution in [0.1, 0.15) is 43.4 Å². The highest BCUT2D eigenvalue weighted by atomic mass is 19.3. The molecule has 2 aromatic carbocycles. The molecule has 1 saturated heterocycles. The SMILES string of the molecule is C[C@@H](c1ccc(OC(F)F)cc1)N1CC[C@](CCC(=O)O)(c2ccc(F)cc2)OC1=O. The van der Waals surface area contributed by atoms with Crippen LogP contribution in [0.25, 0.3) is 0 Å². The van der Waals surface area contributed by atoms with E-state index in [0.29, 0.717) is 17.5 Å². The quantitative estimate of drug-likeness (QED) is 0.623. The number of alkyl halides is 2. The summed E-state index contributed by atoms with van der Waals surface area (Å²) in [6.45, 7) is -0.885. The summed E-state index contributed by atoms with van der Waals surface area (Å²) in [5.41, 5.74) is 0.0524. The number of hydrogen-bond acceptors (Lipinski definition) is 4. The first kappa shape index (κ1) is 22.5. The van der Waals surface area contributed by atoms with Gasteiger partial charge in [-0.2, -0.15) is 8.78 Å². The highest BCUT2D eigenvalue weighted by molar-refractivity contribution is 5.71. The molecule has 0 spiro atoms. The highest BCUT2D eigenvalue weighted by Gasteiger charge is 2.43. The van der Waals surface area contributed by atoms with Gasteiger partial charge in [0.25, 0.3) is 0 Å². The Hall–Kier alpha value is -3.23. The summed E-state index contributed by atoms with van der Waals surface area (Å²) in [7, 11) is 0. The lowest BCUT2D eigenvalue weighted by molar-refractivity contribution is -0.139. The minimum absolute atomic E-state index is 0.0103. The molecule has 2 atom stereocenters. The van der Waals surface area contributed by atoms with E-state index in [9.17, 15) is 22.8 Å². The van der Waals surface area contributed by atoms with Crippen LogP contribution in [0.5, 0.6) is 5.75 Å². The fourth-order valence-electron chi connectivity index (χ4n) is 3.71. The molecule has 1 aliphatic heterocycles.